The highest BCUT2D eigenvalue weighted by molar-refractivity contribution is 4.87. The SMILES string of the molecule is CC1CCC(CN(C)C2CCC3(CC2)OCCO3)O1. The van der Waals surface area contributed by atoms with E-state index in [9.17, 15) is 0 Å². The average Bonchev–Trinajstić information content (AvgIpc) is 3.00. The van der Waals surface area contributed by atoms with Crippen molar-refractivity contribution in [3.05, 3.63) is 0 Å². The van der Waals surface area contributed by atoms with Gasteiger partial charge in [-0.05, 0) is 39.7 Å². The first kappa shape index (κ1) is 13.8. The molecule has 19 heavy (non-hydrogen) atoms. The van der Waals surface area contributed by atoms with E-state index in [1.54, 1.807) is 0 Å². The molecule has 2 heterocycles. The third-order valence-corrected chi connectivity index (χ3v) is 4.97. The van der Waals surface area contributed by atoms with Gasteiger partial charge in [0.25, 0.3) is 0 Å². The van der Waals surface area contributed by atoms with Crippen molar-refractivity contribution in [1.82, 2.24) is 4.90 Å². The number of hydrogen-bond acceptors (Lipinski definition) is 4. The molecule has 1 spiro atoms. The van der Waals surface area contributed by atoms with Crippen LogP contribution in [0.2, 0.25) is 0 Å². The molecular formula is C15H27NO3. The summed E-state index contributed by atoms with van der Waals surface area (Å²) in [7, 11) is 2.24. The molecule has 110 valence electrons. The third kappa shape index (κ3) is 3.13. The minimum absolute atomic E-state index is 0.226. The topological polar surface area (TPSA) is 30.9 Å². The first-order chi connectivity index (χ1) is 9.17. The first-order valence-electron chi connectivity index (χ1n) is 7.80. The highest BCUT2D eigenvalue weighted by atomic mass is 16.7. The maximum absolute atomic E-state index is 5.92. The van der Waals surface area contributed by atoms with Crippen molar-refractivity contribution in [3.8, 4) is 0 Å². The van der Waals surface area contributed by atoms with Crippen LogP contribution >= 0.6 is 0 Å². The van der Waals surface area contributed by atoms with E-state index in [0.717, 1.165) is 32.6 Å². The molecule has 0 aromatic rings. The number of nitrogens with zero attached hydrogens (tertiary/aromatic N) is 1. The van der Waals surface area contributed by atoms with Crippen LogP contribution in [0.1, 0.15) is 45.4 Å². The van der Waals surface area contributed by atoms with E-state index in [0.29, 0.717) is 18.2 Å². The molecule has 2 unspecified atom stereocenters. The van der Waals surface area contributed by atoms with Crippen molar-refractivity contribution in [2.75, 3.05) is 26.8 Å². The molecule has 3 aliphatic rings. The second-order valence-electron chi connectivity index (χ2n) is 6.42. The van der Waals surface area contributed by atoms with Crippen LogP contribution in [0.15, 0.2) is 0 Å². The van der Waals surface area contributed by atoms with Crippen molar-refractivity contribution in [3.63, 3.8) is 0 Å². The molecule has 3 fully saturated rings. The lowest BCUT2D eigenvalue weighted by atomic mass is 9.89. The molecule has 0 amide bonds. The Morgan fingerprint density at radius 2 is 1.74 bits per heavy atom. The van der Waals surface area contributed by atoms with Crippen molar-refractivity contribution >= 4 is 0 Å². The Bertz CT molecular complexity index is 294. The van der Waals surface area contributed by atoms with E-state index in [1.807, 2.05) is 0 Å². The highest BCUT2D eigenvalue weighted by Gasteiger charge is 2.41. The second-order valence-corrected chi connectivity index (χ2v) is 6.42. The molecular weight excluding hydrogens is 242 g/mol. The normalized spacial score (nSPS) is 35.5. The fourth-order valence-electron chi connectivity index (χ4n) is 3.76. The quantitative estimate of drug-likeness (QED) is 0.786. The van der Waals surface area contributed by atoms with Gasteiger partial charge in [0.1, 0.15) is 0 Å². The van der Waals surface area contributed by atoms with Gasteiger partial charge in [0.05, 0.1) is 25.4 Å². The summed E-state index contributed by atoms with van der Waals surface area (Å²) in [6, 6.07) is 0.665. The minimum atomic E-state index is -0.226. The van der Waals surface area contributed by atoms with Crippen LogP contribution in [0.5, 0.6) is 0 Å². The van der Waals surface area contributed by atoms with E-state index in [2.05, 4.69) is 18.9 Å². The van der Waals surface area contributed by atoms with Gasteiger partial charge in [0, 0.05) is 25.4 Å². The first-order valence-corrected chi connectivity index (χ1v) is 7.80. The Balaban J connectivity index is 1.45. The van der Waals surface area contributed by atoms with Crippen molar-refractivity contribution in [1.29, 1.82) is 0 Å². The molecule has 0 bridgehead atoms. The van der Waals surface area contributed by atoms with E-state index in [1.165, 1.54) is 25.7 Å². The fourth-order valence-corrected chi connectivity index (χ4v) is 3.76. The van der Waals surface area contributed by atoms with E-state index in [4.69, 9.17) is 14.2 Å². The van der Waals surface area contributed by atoms with Gasteiger partial charge in [-0.3, -0.25) is 0 Å². The van der Waals surface area contributed by atoms with Crippen LogP contribution in [0, 0.1) is 0 Å². The lowest BCUT2D eigenvalue weighted by Crippen LogP contribution is -2.44. The maximum atomic E-state index is 5.92. The van der Waals surface area contributed by atoms with Gasteiger partial charge in [0.2, 0.25) is 0 Å². The average molecular weight is 269 g/mol. The molecule has 1 saturated carbocycles. The zero-order chi connectivity index (χ0) is 13.3. The van der Waals surface area contributed by atoms with Crippen LogP contribution in [0.25, 0.3) is 0 Å². The van der Waals surface area contributed by atoms with Gasteiger partial charge in [0.15, 0.2) is 5.79 Å². The van der Waals surface area contributed by atoms with E-state index < -0.39 is 0 Å². The summed E-state index contributed by atoms with van der Waals surface area (Å²) in [4.78, 5) is 2.49. The standard InChI is InChI=1S/C15H27NO3/c1-12-3-4-14(19-12)11-16(2)13-5-7-15(8-6-13)17-9-10-18-15/h12-14H,3-11H2,1-2H3. The number of ether oxygens (including phenoxy) is 3. The van der Waals surface area contributed by atoms with Crippen LogP contribution < -0.4 is 0 Å². The summed E-state index contributed by atoms with van der Waals surface area (Å²) < 4.78 is 17.5. The third-order valence-electron chi connectivity index (χ3n) is 4.97. The van der Waals surface area contributed by atoms with Crippen molar-refractivity contribution in [2.24, 2.45) is 0 Å². The Morgan fingerprint density at radius 3 is 2.32 bits per heavy atom. The van der Waals surface area contributed by atoms with Crippen LogP contribution in [0.3, 0.4) is 0 Å². The van der Waals surface area contributed by atoms with Gasteiger partial charge in [-0.15, -0.1) is 0 Å². The van der Waals surface area contributed by atoms with Crippen LogP contribution in [-0.2, 0) is 14.2 Å². The predicted molar refractivity (Wildman–Crippen MR) is 73.1 cm³/mol. The zero-order valence-corrected chi connectivity index (χ0v) is 12.3. The van der Waals surface area contributed by atoms with Gasteiger partial charge >= 0.3 is 0 Å². The largest absolute Gasteiger partial charge is 0.374 e. The summed E-state index contributed by atoms with van der Waals surface area (Å²) in [5, 5.41) is 0. The summed E-state index contributed by atoms with van der Waals surface area (Å²) in [5.74, 6) is -0.226. The van der Waals surface area contributed by atoms with Crippen LogP contribution in [0.4, 0.5) is 0 Å². The smallest absolute Gasteiger partial charge is 0.168 e. The predicted octanol–water partition coefficient (Wildman–Crippen LogP) is 2.17. The molecule has 0 aromatic heterocycles. The summed E-state index contributed by atoms with van der Waals surface area (Å²) in [6.45, 7) is 4.80. The van der Waals surface area contributed by atoms with Gasteiger partial charge < -0.3 is 19.1 Å². The second kappa shape index (κ2) is 5.68. The Kier molecular flexibility index (Phi) is 4.13. The Hall–Kier alpha value is -0.160. The van der Waals surface area contributed by atoms with Gasteiger partial charge in [-0.1, -0.05) is 0 Å². The Morgan fingerprint density at radius 1 is 1.05 bits per heavy atom. The zero-order valence-electron chi connectivity index (χ0n) is 12.3. The number of likely N-dealkylation sites (N-methyl/N-ethyl adjacent to an activating group) is 1. The summed E-state index contributed by atoms with van der Waals surface area (Å²) in [6.07, 6.45) is 7.77. The number of rotatable bonds is 3. The van der Waals surface area contributed by atoms with Crippen molar-refractivity contribution in [2.45, 2.75) is 69.5 Å². The monoisotopic (exact) mass is 269 g/mol. The maximum Gasteiger partial charge on any atom is 0.168 e. The lowest BCUT2D eigenvalue weighted by molar-refractivity contribution is -0.183. The van der Waals surface area contributed by atoms with Gasteiger partial charge in [-0.2, -0.15) is 0 Å². The highest BCUT2D eigenvalue weighted by Crippen LogP contribution is 2.37. The summed E-state index contributed by atoms with van der Waals surface area (Å²) in [5.41, 5.74) is 0. The van der Waals surface area contributed by atoms with E-state index in [-0.39, 0.29) is 5.79 Å². The molecule has 2 atom stereocenters. The lowest BCUT2D eigenvalue weighted by Gasteiger charge is -2.39. The fraction of sp³-hybridized carbons (Fsp3) is 1.00. The molecule has 0 aromatic carbocycles. The molecule has 4 heteroatoms. The number of hydrogen-bond donors (Lipinski definition) is 0. The molecule has 2 saturated heterocycles. The van der Waals surface area contributed by atoms with Crippen LogP contribution in [-0.4, -0.2) is 55.7 Å². The van der Waals surface area contributed by atoms with Crippen molar-refractivity contribution < 1.29 is 14.2 Å². The molecule has 0 N–H and O–H groups in total. The molecule has 3 rings (SSSR count). The summed E-state index contributed by atoms with van der Waals surface area (Å²) >= 11 is 0. The minimum Gasteiger partial charge on any atom is -0.374 e. The molecule has 1 aliphatic carbocycles. The van der Waals surface area contributed by atoms with Gasteiger partial charge in [-0.25, -0.2) is 0 Å². The van der Waals surface area contributed by atoms with E-state index >= 15 is 0 Å². The Labute approximate surface area is 116 Å². The molecule has 4 nitrogen and oxygen atoms in total. The molecule has 2 aliphatic heterocycles. The molecule has 0 radical (unpaired) electrons.